The average molecular weight is 649 g/mol. The van der Waals surface area contributed by atoms with Crippen LogP contribution in [0, 0.1) is 0 Å². The van der Waals surface area contributed by atoms with Crippen LogP contribution >= 0.6 is 0 Å². The van der Waals surface area contributed by atoms with Crippen LogP contribution in [-0.2, 0) is 0 Å². The maximum atomic E-state index is 5.28. The summed E-state index contributed by atoms with van der Waals surface area (Å²) in [6.07, 6.45) is 0. The molecule has 0 aliphatic heterocycles. The molecule has 9 aromatic carbocycles. The van der Waals surface area contributed by atoms with Gasteiger partial charge < -0.3 is 0 Å². The molecule has 1 heterocycles. The van der Waals surface area contributed by atoms with Gasteiger partial charge in [-0.3, -0.25) is 4.57 Å². The van der Waals surface area contributed by atoms with Crippen molar-refractivity contribution in [3.63, 3.8) is 0 Å². The highest BCUT2D eigenvalue weighted by molar-refractivity contribution is 6.21. The summed E-state index contributed by atoms with van der Waals surface area (Å²) < 4.78 is 2.28. The van der Waals surface area contributed by atoms with E-state index in [-0.39, 0.29) is 0 Å². The second-order valence-corrected chi connectivity index (χ2v) is 13.2. The number of imidazole rings is 1. The Morgan fingerprint density at radius 3 is 1.51 bits per heavy atom. The molecule has 0 aliphatic carbocycles. The standard InChI is InChI=1S/C49H32N2/c1-3-13-33(14-4-1)38-29-30-46-45(32-38)50-49(51(46)40-17-5-2-6-18-40)36-26-24-35(25-27-36)47-41-19-9-11-21-43(41)48(44-22-12-10-20-42(44)47)39-28-23-34-15-7-8-16-37(34)31-39/h1-32H. The maximum absolute atomic E-state index is 5.28. The fraction of sp³-hybridized carbons (Fsp3) is 0. The summed E-state index contributed by atoms with van der Waals surface area (Å²) in [5.74, 6) is 0.925. The van der Waals surface area contributed by atoms with Gasteiger partial charge in [0, 0.05) is 11.3 Å². The van der Waals surface area contributed by atoms with Crippen molar-refractivity contribution in [1.29, 1.82) is 0 Å². The third kappa shape index (κ3) is 4.92. The molecule has 238 valence electrons. The van der Waals surface area contributed by atoms with E-state index in [9.17, 15) is 0 Å². The summed E-state index contributed by atoms with van der Waals surface area (Å²) in [4.78, 5) is 5.28. The Kier molecular flexibility index (Phi) is 6.85. The maximum Gasteiger partial charge on any atom is 0.145 e. The van der Waals surface area contributed by atoms with Crippen molar-refractivity contribution in [2.45, 2.75) is 0 Å². The second-order valence-electron chi connectivity index (χ2n) is 13.2. The zero-order valence-corrected chi connectivity index (χ0v) is 27.9. The molecule has 0 saturated heterocycles. The summed E-state index contributed by atoms with van der Waals surface area (Å²) >= 11 is 0. The normalized spacial score (nSPS) is 11.5. The number of rotatable bonds is 5. The molecular weight excluding hydrogens is 617 g/mol. The predicted octanol–water partition coefficient (Wildman–Crippen LogP) is 13.2. The fourth-order valence-corrected chi connectivity index (χ4v) is 7.80. The minimum absolute atomic E-state index is 0.925. The summed E-state index contributed by atoms with van der Waals surface area (Å²) in [7, 11) is 0. The van der Waals surface area contributed by atoms with E-state index in [1.807, 2.05) is 0 Å². The van der Waals surface area contributed by atoms with Crippen molar-refractivity contribution in [3.05, 3.63) is 194 Å². The molecule has 0 fully saturated rings. The largest absolute Gasteiger partial charge is 0.292 e. The third-order valence-electron chi connectivity index (χ3n) is 10.2. The molecule has 0 N–H and O–H groups in total. The van der Waals surface area contributed by atoms with Gasteiger partial charge in [-0.1, -0.05) is 164 Å². The zero-order chi connectivity index (χ0) is 33.7. The van der Waals surface area contributed by atoms with Gasteiger partial charge in [-0.2, -0.15) is 0 Å². The van der Waals surface area contributed by atoms with Gasteiger partial charge in [0.25, 0.3) is 0 Å². The molecule has 0 unspecified atom stereocenters. The number of hydrogen-bond acceptors (Lipinski definition) is 1. The predicted molar refractivity (Wildman–Crippen MR) is 215 cm³/mol. The molecule has 2 heteroatoms. The Labute approximate surface area is 296 Å². The Hall–Kier alpha value is -6.77. The molecule has 1 aromatic heterocycles. The zero-order valence-electron chi connectivity index (χ0n) is 27.9. The number of benzene rings is 9. The van der Waals surface area contributed by atoms with Crippen molar-refractivity contribution in [1.82, 2.24) is 9.55 Å². The lowest BCUT2D eigenvalue weighted by Crippen LogP contribution is -1.97. The van der Waals surface area contributed by atoms with Crippen LogP contribution in [0.5, 0.6) is 0 Å². The summed E-state index contributed by atoms with van der Waals surface area (Å²) in [5, 5.41) is 7.51. The van der Waals surface area contributed by atoms with Crippen molar-refractivity contribution in [2.75, 3.05) is 0 Å². The van der Waals surface area contributed by atoms with Gasteiger partial charge in [0.2, 0.25) is 0 Å². The smallest absolute Gasteiger partial charge is 0.145 e. The van der Waals surface area contributed by atoms with E-state index in [0.29, 0.717) is 0 Å². The monoisotopic (exact) mass is 648 g/mol. The minimum Gasteiger partial charge on any atom is -0.292 e. The number of para-hydroxylation sites is 1. The first-order chi connectivity index (χ1) is 25.3. The lowest BCUT2D eigenvalue weighted by Gasteiger charge is -2.18. The summed E-state index contributed by atoms with van der Waals surface area (Å²) in [6.45, 7) is 0. The first kappa shape index (κ1) is 29.2. The highest BCUT2D eigenvalue weighted by Gasteiger charge is 2.19. The minimum atomic E-state index is 0.925. The SMILES string of the molecule is c1ccc(-c2ccc3c(c2)nc(-c2ccc(-c4c5ccccc5c(-c5ccc6ccccc6c5)c5ccccc45)cc2)n3-c2ccccc2)cc1. The topological polar surface area (TPSA) is 17.8 Å². The van der Waals surface area contributed by atoms with E-state index in [0.717, 1.165) is 33.7 Å². The van der Waals surface area contributed by atoms with Crippen LogP contribution in [0.3, 0.4) is 0 Å². The van der Waals surface area contributed by atoms with E-state index >= 15 is 0 Å². The van der Waals surface area contributed by atoms with Crippen LogP contribution in [0.4, 0.5) is 0 Å². The van der Waals surface area contributed by atoms with Crippen LogP contribution in [0.1, 0.15) is 0 Å². The number of aromatic nitrogens is 2. The molecule has 0 spiro atoms. The summed E-state index contributed by atoms with van der Waals surface area (Å²) in [6, 6.07) is 69.8. The summed E-state index contributed by atoms with van der Waals surface area (Å²) in [5.41, 5.74) is 11.5. The van der Waals surface area contributed by atoms with Crippen molar-refractivity contribution < 1.29 is 0 Å². The van der Waals surface area contributed by atoms with E-state index in [4.69, 9.17) is 4.98 Å². The molecular formula is C49H32N2. The highest BCUT2D eigenvalue weighted by Crippen LogP contribution is 2.44. The first-order valence-electron chi connectivity index (χ1n) is 17.5. The molecule has 0 aliphatic rings. The van der Waals surface area contributed by atoms with Gasteiger partial charge in [-0.05, 0) is 96.0 Å². The molecule has 0 amide bonds. The van der Waals surface area contributed by atoms with Crippen molar-refractivity contribution in [3.8, 4) is 50.5 Å². The quantitative estimate of drug-likeness (QED) is 0.170. The van der Waals surface area contributed by atoms with Gasteiger partial charge in [-0.25, -0.2) is 4.98 Å². The molecule has 0 atom stereocenters. The molecule has 10 aromatic rings. The number of hydrogen-bond donors (Lipinski definition) is 0. The second kappa shape index (κ2) is 12.0. The molecule has 0 bridgehead atoms. The van der Waals surface area contributed by atoms with Crippen molar-refractivity contribution in [2.24, 2.45) is 0 Å². The Balaban J connectivity index is 1.15. The van der Waals surface area contributed by atoms with Crippen LogP contribution in [0.15, 0.2) is 194 Å². The Morgan fingerprint density at radius 2 is 0.843 bits per heavy atom. The van der Waals surface area contributed by atoms with Gasteiger partial charge in [0.1, 0.15) is 5.82 Å². The average Bonchev–Trinajstić information content (AvgIpc) is 3.59. The van der Waals surface area contributed by atoms with Crippen LogP contribution < -0.4 is 0 Å². The van der Waals surface area contributed by atoms with Crippen LogP contribution in [-0.4, -0.2) is 9.55 Å². The van der Waals surface area contributed by atoms with Gasteiger partial charge >= 0.3 is 0 Å². The molecule has 10 rings (SSSR count). The lowest BCUT2D eigenvalue weighted by atomic mass is 9.85. The molecule has 51 heavy (non-hydrogen) atoms. The lowest BCUT2D eigenvalue weighted by molar-refractivity contribution is 1.10. The van der Waals surface area contributed by atoms with E-state index < -0.39 is 0 Å². The number of fused-ring (bicyclic) bond motifs is 4. The fourth-order valence-electron chi connectivity index (χ4n) is 7.80. The highest BCUT2D eigenvalue weighted by atomic mass is 15.1. The molecule has 0 radical (unpaired) electrons. The number of nitrogens with zero attached hydrogens (tertiary/aromatic N) is 2. The van der Waals surface area contributed by atoms with Gasteiger partial charge in [0.15, 0.2) is 0 Å². The van der Waals surface area contributed by atoms with Crippen LogP contribution in [0.2, 0.25) is 0 Å². The first-order valence-corrected chi connectivity index (χ1v) is 17.5. The molecule has 2 nitrogen and oxygen atoms in total. The van der Waals surface area contributed by atoms with Gasteiger partial charge in [-0.15, -0.1) is 0 Å². The van der Waals surface area contributed by atoms with Crippen LogP contribution in [0.25, 0.3) is 93.8 Å². The van der Waals surface area contributed by atoms with E-state index in [2.05, 4.69) is 199 Å². The Bertz CT molecular complexity index is 2830. The van der Waals surface area contributed by atoms with E-state index in [1.54, 1.807) is 0 Å². The molecule has 0 saturated carbocycles. The van der Waals surface area contributed by atoms with E-state index in [1.165, 1.54) is 60.1 Å². The van der Waals surface area contributed by atoms with Crippen molar-refractivity contribution >= 4 is 43.4 Å². The van der Waals surface area contributed by atoms with Gasteiger partial charge in [0.05, 0.1) is 11.0 Å². The Morgan fingerprint density at radius 1 is 0.333 bits per heavy atom. The third-order valence-corrected chi connectivity index (χ3v) is 10.2.